The third-order valence-corrected chi connectivity index (χ3v) is 10.1. The van der Waals surface area contributed by atoms with Crippen LogP contribution in [0.4, 0.5) is 13.2 Å². The first-order chi connectivity index (χ1) is 15.4. The molecule has 4 fully saturated rings. The molecule has 0 spiro atoms. The highest BCUT2D eigenvalue weighted by molar-refractivity contribution is 5.77. The molecule has 3 aliphatic carbocycles. The third kappa shape index (κ3) is 3.67. The minimum atomic E-state index is -4.33. The van der Waals surface area contributed by atoms with Gasteiger partial charge in [0, 0.05) is 19.5 Å². The number of likely N-dealkylation sites (tertiary alicyclic amines) is 1. The van der Waals surface area contributed by atoms with Crippen molar-refractivity contribution < 1.29 is 22.7 Å². The molecule has 1 aromatic carbocycles. The molecule has 33 heavy (non-hydrogen) atoms. The highest BCUT2D eigenvalue weighted by Crippen LogP contribution is 2.66. The van der Waals surface area contributed by atoms with Crippen LogP contribution in [-0.4, -0.2) is 30.0 Å². The van der Waals surface area contributed by atoms with Crippen LogP contribution in [0.15, 0.2) is 24.3 Å². The fraction of sp³-hybridized carbons (Fsp3) is 0.741. The van der Waals surface area contributed by atoms with Crippen molar-refractivity contribution in [3.63, 3.8) is 0 Å². The van der Waals surface area contributed by atoms with E-state index in [2.05, 4.69) is 20.8 Å². The van der Waals surface area contributed by atoms with Crippen LogP contribution in [0.3, 0.4) is 0 Å². The molecule has 3 saturated carbocycles. The maximum Gasteiger partial charge on any atom is 0.416 e. The molecule has 1 saturated heterocycles. The average Bonchev–Trinajstić information content (AvgIpc) is 3.08. The second-order valence-electron chi connectivity index (χ2n) is 11.9. The molecule has 1 aromatic rings. The Morgan fingerprint density at radius 3 is 2.42 bits per heavy atom. The number of fused-ring (bicyclic) bond motifs is 5. The van der Waals surface area contributed by atoms with Gasteiger partial charge in [-0.05, 0) is 97.3 Å². The van der Waals surface area contributed by atoms with Gasteiger partial charge in [0.05, 0.1) is 11.7 Å². The molecule has 6 heteroatoms. The molecular weight excluding hydrogens is 427 g/mol. The lowest BCUT2D eigenvalue weighted by Gasteiger charge is -2.63. The predicted molar refractivity (Wildman–Crippen MR) is 121 cm³/mol. The number of ether oxygens (including phenoxy) is 1. The Kier molecular flexibility index (Phi) is 5.34. The minimum absolute atomic E-state index is 0.0452. The predicted octanol–water partition coefficient (Wildman–Crippen LogP) is 6.56. The molecule has 1 aliphatic heterocycles. The molecule has 1 amide bonds. The average molecular weight is 464 g/mol. The first kappa shape index (κ1) is 23.0. The number of hydrogen-bond acceptors (Lipinski definition) is 2. The van der Waals surface area contributed by atoms with E-state index in [0.29, 0.717) is 41.9 Å². The second kappa shape index (κ2) is 7.64. The fourth-order valence-corrected chi connectivity index (χ4v) is 8.46. The van der Waals surface area contributed by atoms with Crippen molar-refractivity contribution in [3.8, 4) is 5.75 Å². The van der Waals surface area contributed by atoms with Crippen molar-refractivity contribution in [1.29, 1.82) is 0 Å². The zero-order chi connectivity index (χ0) is 23.8. The van der Waals surface area contributed by atoms with E-state index in [1.54, 1.807) is 0 Å². The van der Waals surface area contributed by atoms with Crippen LogP contribution in [0.2, 0.25) is 0 Å². The summed E-state index contributed by atoms with van der Waals surface area (Å²) >= 11 is 0. The quantitative estimate of drug-likeness (QED) is 0.497. The molecule has 0 bridgehead atoms. The van der Waals surface area contributed by atoms with Gasteiger partial charge in [-0.15, -0.1) is 0 Å². The number of nitrogens with zero attached hydrogens (tertiary/aromatic N) is 1. The van der Waals surface area contributed by atoms with Gasteiger partial charge in [0.25, 0.3) is 0 Å². The van der Waals surface area contributed by atoms with Crippen LogP contribution in [0.25, 0.3) is 0 Å². The van der Waals surface area contributed by atoms with E-state index in [4.69, 9.17) is 4.74 Å². The van der Waals surface area contributed by atoms with Gasteiger partial charge in [0.2, 0.25) is 5.91 Å². The zero-order valence-electron chi connectivity index (χ0n) is 20.1. The summed E-state index contributed by atoms with van der Waals surface area (Å²) in [4.78, 5) is 14.5. The number of carbonyl (C=O) groups excluding carboxylic acids is 1. The summed E-state index contributed by atoms with van der Waals surface area (Å²) in [5, 5.41) is 0. The smallest absolute Gasteiger partial charge is 0.416 e. The number of rotatable bonds is 2. The highest BCUT2D eigenvalue weighted by Gasteiger charge is 2.62. The molecule has 0 N–H and O–H groups in total. The lowest BCUT2D eigenvalue weighted by Crippen LogP contribution is -2.62. The Morgan fingerprint density at radius 2 is 1.76 bits per heavy atom. The van der Waals surface area contributed by atoms with Crippen LogP contribution in [0.1, 0.15) is 71.3 Å². The van der Waals surface area contributed by atoms with Crippen molar-refractivity contribution >= 4 is 5.91 Å². The van der Waals surface area contributed by atoms with Crippen molar-refractivity contribution in [1.82, 2.24) is 4.90 Å². The molecule has 0 radical (unpaired) electrons. The van der Waals surface area contributed by atoms with Gasteiger partial charge in [-0.1, -0.05) is 20.8 Å². The van der Waals surface area contributed by atoms with Gasteiger partial charge < -0.3 is 9.64 Å². The Morgan fingerprint density at radius 1 is 1.06 bits per heavy atom. The molecule has 4 aliphatic rings. The minimum Gasteiger partial charge on any atom is -0.490 e. The largest absolute Gasteiger partial charge is 0.490 e. The first-order valence-electron chi connectivity index (χ1n) is 12.5. The lowest BCUT2D eigenvalue weighted by atomic mass is 9.45. The van der Waals surface area contributed by atoms with Gasteiger partial charge in [0.15, 0.2) is 0 Å². The second-order valence-corrected chi connectivity index (χ2v) is 11.9. The Labute approximate surface area is 195 Å². The summed E-state index contributed by atoms with van der Waals surface area (Å²) in [7, 11) is 1.99. The number of benzene rings is 1. The van der Waals surface area contributed by atoms with Crippen LogP contribution in [0, 0.1) is 34.5 Å². The van der Waals surface area contributed by atoms with E-state index in [9.17, 15) is 18.0 Å². The Hall–Kier alpha value is -1.72. The lowest BCUT2D eigenvalue weighted by molar-refractivity contribution is -0.164. The summed E-state index contributed by atoms with van der Waals surface area (Å²) in [6.07, 6.45) is 2.73. The maximum atomic E-state index is 12.9. The van der Waals surface area contributed by atoms with Crippen molar-refractivity contribution in [2.75, 3.05) is 7.05 Å². The number of hydrogen-bond donors (Lipinski definition) is 0. The monoisotopic (exact) mass is 463 g/mol. The molecule has 8 atom stereocenters. The van der Waals surface area contributed by atoms with Gasteiger partial charge in [-0.3, -0.25) is 4.79 Å². The van der Waals surface area contributed by atoms with Crippen LogP contribution >= 0.6 is 0 Å². The van der Waals surface area contributed by atoms with Gasteiger partial charge >= 0.3 is 6.18 Å². The zero-order valence-corrected chi connectivity index (χ0v) is 20.1. The number of halogens is 3. The van der Waals surface area contributed by atoms with Crippen LogP contribution in [-0.2, 0) is 11.0 Å². The van der Waals surface area contributed by atoms with Crippen molar-refractivity contribution in [2.24, 2.45) is 34.5 Å². The number of alkyl halides is 3. The summed E-state index contributed by atoms with van der Waals surface area (Å²) < 4.78 is 45.0. The summed E-state index contributed by atoms with van der Waals surface area (Å²) in [6.45, 7) is 7.21. The van der Waals surface area contributed by atoms with Crippen LogP contribution < -0.4 is 4.74 Å². The standard InChI is InChI=1S/C27H36F3NO2/c1-16-13-22-26(3,12-10-23(32)31(22)4)20-9-11-25(2)15-19(14-21(25)24(16)20)33-18-7-5-17(6-8-18)27(28,29)30/h5-8,16,19-22,24H,9-15H2,1-4H3/t16?,19?,20-,21+,22?,24-,25-,26-/m1/s1. The van der Waals surface area contributed by atoms with E-state index >= 15 is 0 Å². The van der Waals surface area contributed by atoms with Crippen molar-refractivity contribution in [3.05, 3.63) is 29.8 Å². The highest BCUT2D eigenvalue weighted by atomic mass is 19.4. The molecule has 5 rings (SSSR count). The number of amides is 1. The van der Waals surface area contributed by atoms with Gasteiger partial charge in [-0.2, -0.15) is 13.2 Å². The molecular formula is C27H36F3NO2. The molecule has 1 heterocycles. The summed E-state index contributed by atoms with van der Waals surface area (Å²) in [5.41, 5.74) is -0.251. The van der Waals surface area contributed by atoms with Gasteiger partial charge in [0.1, 0.15) is 5.75 Å². The summed E-state index contributed by atoms with van der Waals surface area (Å²) in [5.74, 6) is 3.16. The molecule has 3 unspecified atom stereocenters. The summed E-state index contributed by atoms with van der Waals surface area (Å²) in [6, 6.07) is 5.47. The van der Waals surface area contributed by atoms with E-state index < -0.39 is 11.7 Å². The van der Waals surface area contributed by atoms with E-state index in [1.807, 2.05) is 11.9 Å². The van der Waals surface area contributed by atoms with Gasteiger partial charge in [-0.25, -0.2) is 0 Å². The topological polar surface area (TPSA) is 29.5 Å². The molecule has 0 aromatic heterocycles. The fourth-order valence-electron chi connectivity index (χ4n) is 8.46. The van der Waals surface area contributed by atoms with E-state index in [-0.39, 0.29) is 22.8 Å². The Balaban J connectivity index is 1.35. The number of piperidine rings is 1. The molecule has 3 nitrogen and oxygen atoms in total. The van der Waals surface area contributed by atoms with E-state index in [0.717, 1.165) is 37.8 Å². The van der Waals surface area contributed by atoms with Crippen LogP contribution in [0.5, 0.6) is 5.75 Å². The Bertz CT molecular complexity index is 915. The number of carbonyl (C=O) groups is 1. The first-order valence-corrected chi connectivity index (χ1v) is 12.5. The SMILES string of the molecule is CC1CC2N(C)C(=O)CC[C@]2(C)[C@@H]2CC[C@]3(C)CC(Oc4ccc(C(F)(F)F)cc4)C[C@H]3[C@H]12. The third-order valence-electron chi connectivity index (χ3n) is 10.1. The van der Waals surface area contributed by atoms with E-state index in [1.165, 1.54) is 25.0 Å². The maximum absolute atomic E-state index is 12.9. The van der Waals surface area contributed by atoms with Crippen molar-refractivity contribution in [2.45, 2.75) is 84.0 Å². The molecule has 182 valence electrons. The normalized spacial score (nSPS) is 43.0.